The highest BCUT2D eigenvalue weighted by Crippen LogP contribution is 2.14. The molecule has 106 valence electrons. The molecule has 4 heteroatoms. The van der Waals surface area contributed by atoms with Gasteiger partial charge in [0, 0.05) is 30.7 Å². The van der Waals surface area contributed by atoms with Crippen LogP contribution in [0.3, 0.4) is 0 Å². The third-order valence-electron chi connectivity index (χ3n) is 3.25. The van der Waals surface area contributed by atoms with Crippen molar-refractivity contribution in [2.75, 3.05) is 6.54 Å². The quantitative estimate of drug-likeness (QED) is 0.840. The Morgan fingerprint density at radius 3 is 2.50 bits per heavy atom. The lowest BCUT2D eigenvalue weighted by molar-refractivity contribution is 0.500. The Balaban J connectivity index is 2.10. The first-order valence-corrected chi connectivity index (χ1v) is 7.27. The molecule has 0 fully saturated rings. The van der Waals surface area contributed by atoms with E-state index >= 15 is 0 Å². The Kier molecular flexibility index (Phi) is 5.62. The van der Waals surface area contributed by atoms with Crippen LogP contribution in [0.15, 0.2) is 36.8 Å². The molecule has 0 amide bonds. The summed E-state index contributed by atoms with van der Waals surface area (Å²) in [7, 11) is 0. The second-order valence-corrected chi connectivity index (χ2v) is 4.83. The number of nitrogens with one attached hydrogen (secondary N) is 1. The molecule has 2 heterocycles. The van der Waals surface area contributed by atoms with E-state index in [-0.39, 0.29) is 6.04 Å². The minimum absolute atomic E-state index is 0.121. The van der Waals surface area contributed by atoms with E-state index in [0.29, 0.717) is 0 Å². The molecule has 1 N–H and O–H groups in total. The van der Waals surface area contributed by atoms with Gasteiger partial charge in [0.1, 0.15) is 5.82 Å². The van der Waals surface area contributed by atoms with Crippen LogP contribution < -0.4 is 5.32 Å². The van der Waals surface area contributed by atoms with Gasteiger partial charge in [-0.25, -0.2) is 9.97 Å². The monoisotopic (exact) mass is 270 g/mol. The Morgan fingerprint density at radius 2 is 1.90 bits per heavy atom. The molecule has 1 atom stereocenters. The fourth-order valence-corrected chi connectivity index (χ4v) is 2.06. The van der Waals surface area contributed by atoms with Crippen LogP contribution >= 0.6 is 0 Å². The average molecular weight is 270 g/mol. The molecular weight excluding hydrogens is 248 g/mol. The molecule has 0 aliphatic heterocycles. The van der Waals surface area contributed by atoms with Gasteiger partial charge in [-0.05, 0) is 37.1 Å². The van der Waals surface area contributed by atoms with Gasteiger partial charge in [0.25, 0.3) is 0 Å². The Morgan fingerprint density at radius 1 is 1.10 bits per heavy atom. The first kappa shape index (κ1) is 14.6. The maximum absolute atomic E-state index is 4.53. The molecule has 2 rings (SSSR count). The van der Waals surface area contributed by atoms with Gasteiger partial charge >= 0.3 is 0 Å². The minimum atomic E-state index is 0.121. The van der Waals surface area contributed by atoms with Crippen molar-refractivity contribution in [3.63, 3.8) is 0 Å². The van der Waals surface area contributed by atoms with Crippen molar-refractivity contribution in [2.24, 2.45) is 0 Å². The van der Waals surface area contributed by atoms with Crippen molar-refractivity contribution < 1.29 is 0 Å². The zero-order valence-electron chi connectivity index (χ0n) is 12.2. The zero-order valence-corrected chi connectivity index (χ0v) is 12.2. The van der Waals surface area contributed by atoms with Crippen molar-refractivity contribution in [3.8, 4) is 0 Å². The number of nitrogens with zero attached hydrogens (tertiary/aromatic N) is 3. The van der Waals surface area contributed by atoms with E-state index in [2.05, 4.69) is 46.2 Å². The number of pyridine rings is 1. The summed E-state index contributed by atoms with van der Waals surface area (Å²) in [6, 6.07) is 6.21. The largest absolute Gasteiger partial charge is 0.307 e. The molecule has 0 aliphatic carbocycles. The summed E-state index contributed by atoms with van der Waals surface area (Å²) in [5.74, 6) is 0.835. The van der Waals surface area contributed by atoms with Crippen LogP contribution in [0.1, 0.15) is 43.4 Å². The summed E-state index contributed by atoms with van der Waals surface area (Å²) in [6.45, 7) is 5.25. The Bertz CT molecular complexity index is 496. The molecule has 2 aromatic rings. The summed E-state index contributed by atoms with van der Waals surface area (Å²) in [4.78, 5) is 13.2. The first-order valence-electron chi connectivity index (χ1n) is 7.27. The second-order valence-electron chi connectivity index (χ2n) is 4.83. The van der Waals surface area contributed by atoms with E-state index in [1.165, 1.54) is 5.56 Å². The molecule has 2 aromatic heterocycles. The SMILES string of the molecule is CCCNC(Cc1ccc(CC)cn1)c1ncccn1. The summed E-state index contributed by atoms with van der Waals surface area (Å²) in [6.07, 6.45) is 8.46. The van der Waals surface area contributed by atoms with Crippen molar-refractivity contribution in [1.29, 1.82) is 0 Å². The maximum atomic E-state index is 4.53. The van der Waals surface area contributed by atoms with E-state index in [1.54, 1.807) is 12.4 Å². The fraction of sp³-hybridized carbons (Fsp3) is 0.438. The van der Waals surface area contributed by atoms with Gasteiger partial charge in [-0.15, -0.1) is 0 Å². The summed E-state index contributed by atoms with van der Waals surface area (Å²) in [5.41, 5.74) is 2.34. The molecule has 0 saturated carbocycles. The fourth-order valence-electron chi connectivity index (χ4n) is 2.06. The molecule has 1 unspecified atom stereocenters. The van der Waals surface area contributed by atoms with E-state index in [1.807, 2.05) is 12.3 Å². The molecular formula is C16H22N4. The summed E-state index contributed by atoms with van der Waals surface area (Å²) in [5, 5.41) is 3.50. The van der Waals surface area contributed by atoms with Crippen molar-refractivity contribution in [3.05, 3.63) is 53.9 Å². The maximum Gasteiger partial charge on any atom is 0.145 e. The lowest BCUT2D eigenvalue weighted by atomic mass is 10.1. The number of hydrogen-bond donors (Lipinski definition) is 1. The number of aromatic nitrogens is 3. The van der Waals surface area contributed by atoms with Crippen molar-refractivity contribution in [2.45, 2.75) is 39.2 Å². The van der Waals surface area contributed by atoms with Gasteiger partial charge in [0.2, 0.25) is 0 Å². The van der Waals surface area contributed by atoms with E-state index < -0.39 is 0 Å². The Hall–Kier alpha value is -1.81. The van der Waals surface area contributed by atoms with Gasteiger partial charge in [0.15, 0.2) is 0 Å². The van der Waals surface area contributed by atoms with E-state index in [0.717, 1.165) is 37.3 Å². The predicted molar refractivity (Wildman–Crippen MR) is 80.4 cm³/mol. The van der Waals surface area contributed by atoms with Gasteiger partial charge in [-0.1, -0.05) is 19.9 Å². The molecule has 0 radical (unpaired) electrons. The van der Waals surface area contributed by atoms with Crippen LogP contribution in [0.5, 0.6) is 0 Å². The smallest absolute Gasteiger partial charge is 0.145 e. The highest BCUT2D eigenvalue weighted by molar-refractivity contribution is 5.15. The molecule has 0 bridgehead atoms. The standard InChI is InChI=1S/C16H22N4/c1-3-8-17-15(16-18-9-5-10-19-16)11-14-7-6-13(4-2)12-20-14/h5-7,9-10,12,15,17H,3-4,8,11H2,1-2H3. The summed E-state index contributed by atoms with van der Waals surface area (Å²) >= 11 is 0. The molecule has 20 heavy (non-hydrogen) atoms. The number of rotatable bonds is 7. The van der Waals surface area contributed by atoms with Crippen molar-refractivity contribution >= 4 is 0 Å². The topological polar surface area (TPSA) is 50.7 Å². The van der Waals surface area contributed by atoms with Crippen molar-refractivity contribution in [1.82, 2.24) is 20.3 Å². The highest BCUT2D eigenvalue weighted by atomic mass is 15.0. The lowest BCUT2D eigenvalue weighted by Gasteiger charge is -2.16. The van der Waals surface area contributed by atoms with E-state index in [9.17, 15) is 0 Å². The minimum Gasteiger partial charge on any atom is -0.307 e. The van der Waals surface area contributed by atoms with Gasteiger partial charge in [-0.2, -0.15) is 0 Å². The highest BCUT2D eigenvalue weighted by Gasteiger charge is 2.14. The normalized spacial score (nSPS) is 12.3. The van der Waals surface area contributed by atoms with E-state index in [4.69, 9.17) is 0 Å². The average Bonchev–Trinajstić information content (AvgIpc) is 2.53. The van der Waals surface area contributed by atoms with Crippen LogP contribution in [0.4, 0.5) is 0 Å². The van der Waals surface area contributed by atoms with Crippen LogP contribution in [0.2, 0.25) is 0 Å². The third kappa shape index (κ3) is 4.10. The van der Waals surface area contributed by atoms with Crippen LogP contribution in [0, 0.1) is 0 Å². The van der Waals surface area contributed by atoms with Gasteiger partial charge in [0.05, 0.1) is 6.04 Å². The number of hydrogen-bond acceptors (Lipinski definition) is 4. The van der Waals surface area contributed by atoms with Gasteiger partial charge in [-0.3, -0.25) is 4.98 Å². The van der Waals surface area contributed by atoms with Gasteiger partial charge < -0.3 is 5.32 Å². The second kappa shape index (κ2) is 7.70. The Labute approximate surface area is 120 Å². The summed E-state index contributed by atoms with van der Waals surface area (Å²) < 4.78 is 0. The molecule has 0 spiro atoms. The molecule has 4 nitrogen and oxygen atoms in total. The predicted octanol–water partition coefficient (Wildman–Crippen LogP) is 2.72. The first-order chi connectivity index (χ1) is 9.83. The van der Waals surface area contributed by atoms with Crippen LogP contribution in [-0.4, -0.2) is 21.5 Å². The number of aryl methyl sites for hydroxylation is 1. The van der Waals surface area contributed by atoms with Crippen LogP contribution in [0.25, 0.3) is 0 Å². The lowest BCUT2D eigenvalue weighted by Crippen LogP contribution is -2.26. The van der Waals surface area contributed by atoms with Crippen LogP contribution in [-0.2, 0) is 12.8 Å². The molecule has 0 aliphatic rings. The molecule has 0 aromatic carbocycles. The molecule has 0 saturated heterocycles. The third-order valence-corrected chi connectivity index (χ3v) is 3.25. The zero-order chi connectivity index (χ0) is 14.2.